The summed E-state index contributed by atoms with van der Waals surface area (Å²) < 4.78 is 27.2. The lowest BCUT2D eigenvalue weighted by Gasteiger charge is -2.08. The van der Waals surface area contributed by atoms with Crippen molar-refractivity contribution in [2.45, 2.75) is 18.2 Å². The van der Waals surface area contributed by atoms with Gasteiger partial charge in [-0.15, -0.1) is 0 Å². The van der Waals surface area contributed by atoms with Gasteiger partial charge in [-0.25, -0.2) is 13.4 Å². The Morgan fingerprint density at radius 2 is 1.96 bits per heavy atom. The second-order valence-corrected chi connectivity index (χ2v) is 7.04. The molecule has 0 atom stereocenters. The Hall–Kier alpha value is -2.18. The summed E-state index contributed by atoms with van der Waals surface area (Å²) in [7, 11) is -3.73. The predicted molar refractivity (Wildman–Crippen MR) is 91.2 cm³/mol. The lowest BCUT2D eigenvalue weighted by molar-refractivity contribution is 0.600. The molecule has 3 rings (SSSR count). The first kappa shape index (κ1) is 15.7. The van der Waals surface area contributed by atoms with Crippen LogP contribution < -0.4 is 4.72 Å². The molecule has 0 saturated heterocycles. The summed E-state index contributed by atoms with van der Waals surface area (Å²) in [5.41, 5.74) is 1.46. The molecule has 1 N–H and O–H groups in total. The molecule has 0 bridgehead atoms. The number of pyridine rings is 2. The molecular weight excluding hydrogens is 334 g/mol. The average Bonchev–Trinajstić information content (AvgIpc) is 2.54. The van der Waals surface area contributed by atoms with E-state index in [9.17, 15) is 8.42 Å². The van der Waals surface area contributed by atoms with Crippen molar-refractivity contribution in [3.05, 3.63) is 59.4 Å². The Bertz CT molecular complexity index is 957. The SMILES string of the molecule is CCc1ccc(S(=O)(=O)Nc2ccc3c(Cl)cccc3n2)cn1. The number of rotatable bonds is 4. The van der Waals surface area contributed by atoms with Crippen LogP contribution in [0.1, 0.15) is 12.6 Å². The largest absolute Gasteiger partial charge is 0.264 e. The van der Waals surface area contributed by atoms with Crippen LogP contribution in [0.4, 0.5) is 5.82 Å². The van der Waals surface area contributed by atoms with Crippen molar-refractivity contribution in [1.29, 1.82) is 0 Å². The van der Waals surface area contributed by atoms with Crippen molar-refractivity contribution in [3.63, 3.8) is 0 Å². The molecule has 0 saturated carbocycles. The fraction of sp³-hybridized carbons (Fsp3) is 0.125. The third-order valence-corrected chi connectivity index (χ3v) is 5.06. The number of aryl methyl sites for hydroxylation is 1. The van der Waals surface area contributed by atoms with Gasteiger partial charge in [0, 0.05) is 22.3 Å². The van der Waals surface area contributed by atoms with Crippen LogP contribution in [0.2, 0.25) is 5.02 Å². The highest BCUT2D eigenvalue weighted by atomic mass is 35.5. The van der Waals surface area contributed by atoms with Crippen molar-refractivity contribution in [2.24, 2.45) is 0 Å². The van der Waals surface area contributed by atoms with E-state index in [2.05, 4.69) is 14.7 Å². The molecule has 118 valence electrons. The summed E-state index contributed by atoms with van der Waals surface area (Å²) >= 11 is 6.08. The van der Waals surface area contributed by atoms with Crippen LogP contribution in [0.3, 0.4) is 0 Å². The molecule has 0 radical (unpaired) electrons. The maximum atomic E-state index is 12.4. The normalized spacial score (nSPS) is 11.6. The van der Waals surface area contributed by atoms with Crippen molar-refractivity contribution >= 4 is 38.3 Å². The summed E-state index contributed by atoms with van der Waals surface area (Å²) in [6.07, 6.45) is 2.10. The van der Waals surface area contributed by atoms with Gasteiger partial charge in [0.2, 0.25) is 0 Å². The van der Waals surface area contributed by atoms with Crippen LogP contribution in [0.5, 0.6) is 0 Å². The number of aromatic nitrogens is 2. The molecule has 0 aliphatic heterocycles. The number of sulfonamides is 1. The minimum atomic E-state index is -3.73. The number of fused-ring (bicyclic) bond motifs is 1. The van der Waals surface area contributed by atoms with Gasteiger partial charge in [0.05, 0.1) is 5.52 Å². The van der Waals surface area contributed by atoms with E-state index in [1.807, 2.05) is 6.92 Å². The molecule has 0 aliphatic carbocycles. The molecule has 0 spiro atoms. The van der Waals surface area contributed by atoms with Gasteiger partial charge in [0.15, 0.2) is 0 Å². The summed E-state index contributed by atoms with van der Waals surface area (Å²) in [5.74, 6) is 0.235. The molecule has 2 aromatic heterocycles. The van der Waals surface area contributed by atoms with Crippen LogP contribution in [-0.2, 0) is 16.4 Å². The first-order valence-electron chi connectivity index (χ1n) is 7.02. The van der Waals surface area contributed by atoms with Crippen LogP contribution in [0.15, 0.2) is 53.6 Å². The van der Waals surface area contributed by atoms with Gasteiger partial charge < -0.3 is 0 Å². The molecule has 0 amide bonds. The third-order valence-electron chi connectivity index (χ3n) is 3.39. The Kier molecular flexibility index (Phi) is 4.19. The molecule has 0 fully saturated rings. The number of nitrogens with zero attached hydrogens (tertiary/aromatic N) is 2. The minimum absolute atomic E-state index is 0.0997. The van der Waals surface area contributed by atoms with Gasteiger partial charge in [-0.3, -0.25) is 9.71 Å². The van der Waals surface area contributed by atoms with Crippen LogP contribution in [-0.4, -0.2) is 18.4 Å². The molecule has 3 aromatic rings. The fourth-order valence-corrected chi connectivity index (χ4v) is 3.33. The molecule has 1 aromatic carbocycles. The Morgan fingerprint density at radius 3 is 2.65 bits per heavy atom. The van der Waals surface area contributed by atoms with Crippen LogP contribution in [0.25, 0.3) is 10.9 Å². The summed E-state index contributed by atoms with van der Waals surface area (Å²) in [6.45, 7) is 1.96. The highest BCUT2D eigenvalue weighted by Gasteiger charge is 2.15. The first-order valence-corrected chi connectivity index (χ1v) is 8.89. The van der Waals surface area contributed by atoms with Crippen molar-refractivity contribution < 1.29 is 8.42 Å². The lowest BCUT2D eigenvalue weighted by atomic mass is 10.2. The second kappa shape index (κ2) is 6.14. The highest BCUT2D eigenvalue weighted by Crippen LogP contribution is 2.24. The van der Waals surface area contributed by atoms with Gasteiger partial charge >= 0.3 is 0 Å². The van der Waals surface area contributed by atoms with Gasteiger partial charge in [0.1, 0.15) is 10.7 Å². The minimum Gasteiger partial charge on any atom is -0.263 e. The number of hydrogen-bond acceptors (Lipinski definition) is 4. The standard InChI is InChI=1S/C16H14ClN3O2S/c1-2-11-6-7-12(10-18-11)23(21,22)20-16-9-8-13-14(17)4-3-5-15(13)19-16/h3-10H,2H2,1H3,(H,19,20). The Morgan fingerprint density at radius 1 is 1.13 bits per heavy atom. The van der Waals surface area contributed by atoms with Gasteiger partial charge in [-0.05, 0) is 42.8 Å². The second-order valence-electron chi connectivity index (χ2n) is 4.95. The highest BCUT2D eigenvalue weighted by molar-refractivity contribution is 7.92. The molecule has 2 heterocycles. The Balaban J connectivity index is 1.93. The first-order chi connectivity index (χ1) is 11.0. The number of benzene rings is 1. The molecule has 5 nitrogen and oxygen atoms in total. The Labute approximate surface area is 139 Å². The van der Waals surface area contributed by atoms with E-state index in [0.29, 0.717) is 10.5 Å². The molecular formula is C16H14ClN3O2S. The van der Waals surface area contributed by atoms with E-state index < -0.39 is 10.0 Å². The molecule has 7 heteroatoms. The number of hydrogen-bond donors (Lipinski definition) is 1. The van der Waals surface area contributed by atoms with E-state index in [4.69, 9.17) is 11.6 Å². The number of halogens is 1. The zero-order chi connectivity index (χ0) is 16.4. The van der Waals surface area contributed by atoms with Crippen LogP contribution in [0, 0.1) is 0 Å². The summed E-state index contributed by atoms with van der Waals surface area (Å²) in [4.78, 5) is 8.49. The lowest BCUT2D eigenvalue weighted by Crippen LogP contribution is -2.14. The molecule has 0 unspecified atom stereocenters. The smallest absolute Gasteiger partial charge is 0.263 e. The topological polar surface area (TPSA) is 72.0 Å². The molecule has 0 aliphatic rings. The van der Waals surface area contributed by atoms with E-state index in [-0.39, 0.29) is 10.7 Å². The van der Waals surface area contributed by atoms with E-state index in [1.54, 1.807) is 36.4 Å². The van der Waals surface area contributed by atoms with E-state index >= 15 is 0 Å². The fourth-order valence-electron chi connectivity index (χ4n) is 2.15. The van der Waals surface area contributed by atoms with Crippen LogP contribution >= 0.6 is 11.6 Å². The third kappa shape index (κ3) is 3.28. The predicted octanol–water partition coefficient (Wildman–Crippen LogP) is 3.65. The monoisotopic (exact) mass is 347 g/mol. The average molecular weight is 348 g/mol. The van der Waals surface area contributed by atoms with E-state index in [1.165, 1.54) is 12.3 Å². The summed E-state index contributed by atoms with van der Waals surface area (Å²) in [5, 5.41) is 1.34. The van der Waals surface area contributed by atoms with Crippen molar-refractivity contribution in [3.8, 4) is 0 Å². The van der Waals surface area contributed by atoms with Gasteiger partial charge in [-0.2, -0.15) is 0 Å². The maximum absolute atomic E-state index is 12.4. The quantitative estimate of drug-likeness (QED) is 0.782. The van der Waals surface area contributed by atoms with Crippen molar-refractivity contribution in [2.75, 3.05) is 4.72 Å². The molecule has 23 heavy (non-hydrogen) atoms. The van der Waals surface area contributed by atoms with Gasteiger partial charge in [-0.1, -0.05) is 24.6 Å². The van der Waals surface area contributed by atoms with Crippen molar-refractivity contribution in [1.82, 2.24) is 9.97 Å². The maximum Gasteiger partial charge on any atom is 0.264 e. The number of nitrogens with one attached hydrogen (secondary N) is 1. The zero-order valence-corrected chi connectivity index (χ0v) is 13.9. The zero-order valence-electron chi connectivity index (χ0n) is 12.3. The van der Waals surface area contributed by atoms with E-state index in [0.717, 1.165) is 17.5 Å². The summed E-state index contributed by atoms with van der Waals surface area (Å²) in [6, 6.07) is 11.9. The number of anilines is 1. The van der Waals surface area contributed by atoms with Gasteiger partial charge in [0.25, 0.3) is 10.0 Å².